The molecule has 154 valence electrons. The molecule has 1 amide bonds. The molecule has 1 atom stereocenters. The number of para-hydroxylation sites is 2. The lowest BCUT2D eigenvalue weighted by Gasteiger charge is -2.32. The van der Waals surface area contributed by atoms with Gasteiger partial charge in [-0.05, 0) is 42.8 Å². The molecule has 1 fully saturated rings. The Balaban J connectivity index is 1.29. The summed E-state index contributed by atoms with van der Waals surface area (Å²) >= 11 is 0. The number of fused-ring (bicyclic) bond motifs is 1. The average molecular weight is 398 g/mol. The fraction of sp³-hybridized carbons (Fsp3) is 0.435. The average Bonchev–Trinajstić information content (AvgIpc) is 3.22. The van der Waals surface area contributed by atoms with Crippen LogP contribution in [-0.4, -0.2) is 51.8 Å². The SMILES string of the molecule is COc1ccccc1NC(=O)[C@@H](C)[NH+]1CC[NH+](Cc2ccc3c(c2)CCO3)CC1. The predicted octanol–water partition coefficient (Wildman–Crippen LogP) is -0.0593. The highest BCUT2D eigenvalue weighted by atomic mass is 16.5. The van der Waals surface area contributed by atoms with Crippen LogP contribution < -0.4 is 24.6 Å². The zero-order chi connectivity index (χ0) is 20.2. The van der Waals surface area contributed by atoms with E-state index >= 15 is 0 Å². The molecule has 3 N–H and O–H groups in total. The Morgan fingerprint density at radius 2 is 1.97 bits per heavy atom. The van der Waals surface area contributed by atoms with Crippen molar-refractivity contribution in [3.63, 3.8) is 0 Å². The molecule has 0 radical (unpaired) electrons. The summed E-state index contributed by atoms with van der Waals surface area (Å²) in [5, 5.41) is 3.03. The number of benzene rings is 2. The number of quaternary nitrogens is 2. The zero-order valence-corrected chi connectivity index (χ0v) is 17.3. The summed E-state index contributed by atoms with van der Waals surface area (Å²) in [7, 11) is 1.62. The molecule has 2 aromatic carbocycles. The Morgan fingerprint density at radius 3 is 2.76 bits per heavy atom. The van der Waals surface area contributed by atoms with Gasteiger partial charge in [-0.1, -0.05) is 12.1 Å². The summed E-state index contributed by atoms with van der Waals surface area (Å²) in [5.41, 5.74) is 3.46. The highest BCUT2D eigenvalue weighted by Gasteiger charge is 2.31. The van der Waals surface area contributed by atoms with E-state index in [4.69, 9.17) is 9.47 Å². The molecule has 2 heterocycles. The highest BCUT2D eigenvalue weighted by Crippen LogP contribution is 2.25. The number of anilines is 1. The largest absolute Gasteiger partial charge is 0.495 e. The lowest BCUT2D eigenvalue weighted by Crippen LogP contribution is -3.29. The van der Waals surface area contributed by atoms with Crippen LogP contribution in [0.4, 0.5) is 5.69 Å². The van der Waals surface area contributed by atoms with Crippen molar-refractivity contribution >= 4 is 11.6 Å². The van der Waals surface area contributed by atoms with Crippen LogP contribution in [0.1, 0.15) is 18.1 Å². The van der Waals surface area contributed by atoms with E-state index in [0.29, 0.717) is 5.75 Å². The minimum absolute atomic E-state index is 0.0478. The van der Waals surface area contributed by atoms with Gasteiger partial charge < -0.3 is 24.6 Å². The van der Waals surface area contributed by atoms with Crippen molar-refractivity contribution in [1.29, 1.82) is 0 Å². The van der Waals surface area contributed by atoms with Gasteiger partial charge in [0.1, 0.15) is 44.2 Å². The van der Waals surface area contributed by atoms with Gasteiger partial charge in [-0.3, -0.25) is 4.79 Å². The van der Waals surface area contributed by atoms with Gasteiger partial charge in [0.15, 0.2) is 6.04 Å². The highest BCUT2D eigenvalue weighted by molar-refractivity contribution is 5.94. The Kier molecular flexibility index (Phi) is 6.02. The number of rotatable bonds is 6. The molecule has 0 unspecified atom stereocenters. The summed E-state index contributed by atoms with van der Waals surface area (Å²) in [6.07, 6.45) is 1.02. The van der Waals surface area contributed by atoms with E-state index in [2.05, 4.69) is 23.5 Å². The molecular formula is C23H31N3O3+2. The Hall–Kier alpha value is -2.57. The van der Waals surface area contributed by atoms with Crippen molar-refractivity contribution in [3.8, 4) is 11.5 Å². The van der Waals surface area contributed by atoms with E-state index in [0.717, 1.165) is 57.2 Å². The Bertz CT molecular complexity index is 862. The van der Waals surface area contributed by atoms with Crippen molar-refractivity contribution < 1.29 is 24.1 Å². The van der Waals surface area contributed by atoms with Gasteiger partial charge in [0.25, 0.3) is 5.91 Å². The first-order valence-corrected chi connectivity index (χ1v) is 10.5. The number of carbonyl (C=O) groups is 1. The molecule has 0 bridgehead atoms. The number of amides is 1. The number of ether oxygens (including phenoxy) is 2. The van der Waals surface area contributed by atoms with Crippen LogP contribution >= 0.6 is 0 Å². The lowest BCUT2D eigenvalue weighted by molar-refractivity contribution is -1.02. The van der Waals surface area contributed by atoms with E-state index in [1.54, 1.807) is 12.0 Å². The van der Waals surface area contributed by atoms with Gasteiger partial charge in [-0.2, -0.15) is 0 Å². The molecule has 1 saturated heterocycles. The number of piperazine rings is 1. The second kappa shape index (κ2) is 8.84. The molecule has 4 rings (SSSR count). The first-order valence-electron chi connectivity index (χ1n) is 10.5. The molecule has 0 aliphatic carbocycles. The van der Waals surface area contributed by atoms with Crippen LogP contribution in [-0.2, 0) is 17.8 Å². The summed E-state index contributed by atoms with van der Waals surface area (Å²) in [5.74, 6) is 1.79. The number of nitrogens with one attached hydrogen (secondary N) is 3. The first-order chi connectivity index (χ1) is 14.1. The number of carbonyl (C=O) groups excluding carboxylic acids is 1. The Morgan fingerprint density at radius 1 is 1.17 bits per heavy atom. The van der Waals surface area contributed by atoms with Gasteiger partial charge in [-0.15, -0.1) is 0 Å². The quantitative estimate of drug-likeness (QED) is 0.640. The summed E-state index contributed by atoms with van der Waals surface area (Å²) in [4.78, 5) is 15.7. The van der Waals surface area contributed by atoms with Crippen molar-refractivity contribution in [1.82, 2.24) is 0 Å². The van der Waals surface area contributed by atoms with E-state index in [9.17, 15) is 4.79 Å². The third-order valence-corrected chi connectivity index (χ3v) is 6.18. The topological polar surface area (TPSA) is 56.4 Å². The predicted molar refractivity (Wildman–Crippen MR) is 112 cm³/mol. The number of hydrogen-bond donors (Lipinski definition) is 3. The lowest BCUT2D eigenvalue weighted by atomic mass is 10.1. The van der Waals surface area contributed by atoms with Crippen molar-refractivity contribution in [2.24, 2.45) is 0 Å². The molecule has 2 aliphatic heterocycles. The van der Waals surface area contributed by atoms with E-state index in [1.807, 2.05) is 31.2 Å². The first kappa shape index (κ1) is 19.7. The maximum absolute atomic E-state index is 12.8. The standard InChI is InChI=1S/C23H29N3O3/c1-17(23(27)24-20-5-3-4-6-22(20)28-2)26-12-10-25(11-13-26)16-18-7-8-21-19(15-18)9-14-29-21/h3-8,15,17H,9-14,16H2,1-2H3,(H,24,27)/p+2/t17-/m1/s1. The molecular weight excluding hydrogens is 366 g/mol. The zero-order valence-electron chi connectivity index (χ0n) is 17.3. The second-order valence-corrected chi connectivity index (χ2v) is 8.04. The molecule has 6 nitrogen and oxygen atoms in total. The van der Waals surface area contributed by atoms with E-state index in [1.165, 1.54) is 16.0 Å². The fourth-order valence-corrected chi connectivity index (χ4v) is 4.35. The van der Waals surface area contributed by atoms with Crippen molar-refractivity contribution in [2.45, 2.75) is 25.9 Å². The molecule has 29 heavy (non-hydrogen) atoms. The fourth-order valence-electron chi connectivity index (χ4n) is 4.35. The third kappa shape index (κ3) is 4.54. The van der Waals surface area contributed by atoms with Crippen LogP contribution in [0.3, 0.4) is 0 Å². The monoisotopic (exact) mass is 397 g/mol. The minimum Gasteiger partial charge on any atom is -0.495 e. The maximum atomic E-state index is 12.8. The molecule has 0 aromatic heterocycles. The smallest absolute Gasteiger partial charge is 0.282 e. The number of hydrogen-bond acceptors (Lipinski definition) is 3. The summed E-state index contributed by atoms with van der Waals surface area (Å²) in [6, 6.07) is 14.1. The molecule has 2 aromatic rings. The van der Waals surface area contributed by atoms with Gasteiger partial charge in [0.2, 0.25) is 0 Å². The van der Waals surface area contributed by atoms with Gasteiger partial charge >= 0.3 is 0 Å². The van der Waals surface area contributed by atoms with Gasteiger partial charge in [-0.25, -0.2) is 0 Å². The molecule has 6 heteroatoms. The van der Waals surface area contributed by atoms with Crippen molar-refractivity contribution in [2.75, 3.05) is 45.2 Å². The molecule has 0 saturated carbocycles. The van der Waals surface area contributed by atoms with Crippen LogP contribution in [0.25, 0.3) is 0 Å². The third-order valence-electron chi connectivity index (χ3n) is 6.18. The Labute approximate surface area is 172 Å². The van der Waals surface area contributed by atoms with Crippen LogP contribution in [0.2, 0.25) is 0 Å². The van der Waals surface area contributed by atoms with Gasteiger partial charge in [0, 0.05) is 12.0 Å². The van der Waals surface area contributed by atoms with E-state index < -0.39 is 0 Å². The van der Waals surface area contributed by atoms with E-state index in [-0.39, 0.29) is 11.9 Å². The van der Waals surface area contributed by atoms with Crippen LogP contribution in [0, 0.1) is 0 Å². The number of methoxy groups -OCH3 is 1. The summed E-state index contributed by atoms with van der Waals surface area (Å²) in [6.45, 7) is 8.04. The van der Waals surface area contributed by atoms with Crippen LogP contribution in [0.15, 0.2) is 42.5 Å². The molecule has 0 spiro atoms. The van der Waals surface area contributed by atoms with Crippen molar-refractivity contribution in [3.05, 3.63) is 53.6 Å². The molecule has 2 aliphatic rings. The minimum atomic E-state index is -0.0846. The summed E-state index contributed by atoms with van der Waals surface area (Å²) < 4.78 is 10.9. The maximum Gasteiger partial charge on any atom is 0.282 e. The normalized spacial score (nSPS) is 21.7. The van der Waals surface area contributed by atoms with Gasteiger partial charge in [0.05, 0.1) is 19.4 Å². The second-order valence-electron chi connectivity index (χ2n) is 8.04. The van der Waals surface area contributed by atoms with Crippen LogP contribution in [0.5, 0.6) is 11.5 Å².